The largest absolute Gasteiger partial charge is 0.307 e. The molecule has 4 N–H and O–H groups in total. The van der Waals surface area contributed by atoms with Gasteiger partial charge in [-0.3, -0.25) is 0 Å². The smallest absolute Gasteiger partial charge is 0.244 e. The maximum Gasteiger partial charge on any atom is 0.244 e. The standard InChI is InChI=1S/C10H17BrN4O2S2/c1-7(3-4-18-2)15-19(16,17)9-5-8(11)6-13-10(9)14-12/h5-7,15H,3-4,12H2,1-2H3,(H,13,14). The molecular formula is C10H17BrN4O2S2. The van der Waals surface area contributed by atoms with Gasteiger partial charge in [0, 0.05) is 16.7 Å². The molecule has 108 valence electrons. The third-order valence-electron chi connectivity index (χ3n) is 2.36. The molecule has 1 atom stereocenters. The van der Waals surface area contributed by atoms with Gasteiger partial charge in [-0.25, -0.2) is 24.0 Å². The number of hydrazine groups is 1. The Kier molecular flexibility index (Phi) is 6.54. The molecule has 0 saturated carbocycles. The molecule has 1 rings (SSSR count). The molecule has 1 aromatic heterocycles. The molecule has 0 bridgehead atoms. The number of nitrogen functional groups attached to an aromatic ring is 1. The van der Waals surface area contributed by atoms with Crippen LogP contribution in [-0.4, -0.2) is 31.5 Å². The maximum atomic E-state index is 12.3. The van der Waals surface area contributed by atoms with Crippen molar-refractivity contribution in [2.75, 3.05) is 17.4 Å². The number of hydrogen-bond donors (Lipinski definition) is 3. The maximum absolute atomic E-state index is 12.3. The van der Waals surface area contributed by atoms with Crippen LogP contribution < -0.4 is 16.0 Å². The molecule has 0 fully saturated rings. The summed E-state index contributed by atoms with van der Waals surface area (Å²) in [5.74, 6) is 6.29. The molecule has 0 saturated heterocycles. The van der Waals surface area contributed by atoms with E-state index in [2.05, 4.69) is 31.1 Å². The van der Waals surface area contributed by atoms with E-state index in [0.717, 1.165) is 12.2 Å². The van der Waals surface area contributed by atoms with E-state index in [1.807, 2.05) is 13.2 Å². The fraction of sp³-hybridized carbons (Fsp3) is 0.500. The average Bonchev–Trinajstić information content (AvgIpc) is 2.35. The summed E-state index contributed by atoms with van der Waals surface area (Å²) in [6, 6.07) is 1.31. The number of nitrogens with zero attached hydrogens (tertiary/aromatic N) is 1. The quantitative estimate of drug-likeness (QED) is 0.498. The van der Waals surface area contributed by atoms with Crippen LogP contribution in [0.15, 0.2) is 21.6 Å². The Morgan fingerprint density at radius 2 is 2.26 bits per heavy atom. The van der Waals surface area contributed by atoms with Crippen molar-refractivity contribution in [1.82, 2.24) is 9.71 Å². The molecule has 0 aliphatic carbocycles. The number of nitrogens with two attached hydrogens (primary N) is 1. The summed E-state index contributed by atoms with van der Waals surface area (Å²) in [7, 11) is -3.65. The van der Waals surface area contributed by atoms with Crippen LogP contribution in [0.5, 0.6) is 0 Å². The molecule has 1 unspecified atom stereocenters. The lowest BCUT2D eigenvalue weighted by Gasteiger charge is -2.15. The number of pyridine rings is 1. The molecule has 0 radical (unpaired) electrons. The summed E-state index contributed by atoms with van der Waals surface area (Å²) in [5, 5.41) is 0. The van der Waals surface area contributed by atoms with Gasteiger partial charge in [0.05, 0.1) is 0 Å². The van der Waals surface area contributed by atoms with Gasteiger partial charge in [0.1, 0.15) is 4.90 Å². The van der Waals surface area contributed by atoms with E-state index in [-0.39, 0.29) is 16.8 Å². The number of anilines is 1. The first-order valence-corrected chi connectivity index (χ1v) is 9.21. The Labute approximate surface area is 126 Å². The molecule has 0 aliphatic heterocycles. The third-order valence-corrected chi connectivity index (χ3v) is 5.04. The van der Waals surface area contributed by atoms with E-state index in [4.69, 9.17) is 5.84 Å². The molecule has 0 spiro atoms. The predicted molar refractivity (Wildman–Crippen MR) is 82.5 cm³/mol. The highest BCUT2D eigenvalue weighted by atomic mass is 79.9. The van der Waals surface area contributed by atoms with Gasteiger partial charge in [0.15, 0.2) is 5.82 Å². The lowest BCUT2D eigenvalue weighted by atomic mass is 10.3. The second-order valence-electron chi connectivity index (χ2n) is 3.95. The fourth-order valence-corrected chi connectivity index (χ4v) is 3.91. The van der Waals surface area contributed by atoms with Gasteiger partial charge < -0.3 is 5.43 Å². The summed E-state index contributed by atoms with van der Waals surface area (Å²) in [6.45, 7) is 1.83. The normalized spacial score (nSPS) is 13.3. The SMILES string of the molecule is CSCCC(C)NS(=O)(=O)c1cc(Br)cnc1NN. The molecule has 1 aromatic rings. The lowest BCUT2D eigenvalue weighted by molar-refractivity contribution is 0.557. The second-order valence-corrected chi connectivity index (χ2v) is 7.53. The summed E-state index contributed by atoms with van der Waals surface area (Å²) < 4.78 is 27.7. The first kappa shape index (κ1) is 16.7. The lowest BCUT2D eigenvalue weighted by Crippen LogP contribution is -2.33. The Morgan fingerprint density at radius 1 is 1.58 bits per heavy atom. The molecule has 0 aromatic carbocycles. The molecule has 0 aliphatic rings. The van der Waals surface area contributed by atoms with E-state index in [9.17, 15) is 8.42 Å². The number of nitrogens with one attached hydrogen (secondary N) is 2. The average molecular weight is 369 g/mol. The number of sulfonamides is 1. The van der Waals surface area contributed by atoms with Crippen molar-refractivity contribution in [2.24, 2.45) is 5.84 Å². The topological polar surface area (TPSA) is 97.1 Å². The molecule has 19 heavy (non-hydrogen) atoms. The number of thioether (sulfide) groups is 1. The van der Waals surface area contributed by atoms with Gasteiger partial charge in [-0.05, 0) is 47.3 Å². The van der Waals surface area contributed by atoms with Crippen molar-refractivity contribution >= 4 is 43.5 Å². The van der Waals surface area contributed by atoms with Gasteiger partial charge in [-0.15, -0.1) is 0 Å². The molecule has 6 nitrogen and oxygen atoms in total. The fourth-order valence-electron chi connectivity index (χ4n) is 1.42. The minimum atomic E-state index is -3.65. The van der Waals surface area contributed by atoms with E-state index < -0.39 is 10.0 Å². The second kappa shape index (κ2) is 7.44. The Hall–Kier alpha value is -0.350. The van der Waals surface area contributed by atoms with Gasteiger partial charge in [-0.1, -0.05) is 0 Å². The minimum Gasteiger partial charge on any atom is -0.307 e. The van der Waals surface area contributed by atoms with Gasteiger partial charge in [0.2, 0.25) is 10.0 Å². The third kappa shape index (κ3) is 4.92. The Bertz CT molecular complexity index is 524. The summed E-state index contributed by atoms with van der Waals surface area (Å²) in [6.07, 6.45) is 4.22. The van der Waals surface area contributed by atoms with Crippen molar-refractivity contribution < 1.29 is 8.42 Å². The highest BCUT2D eigenvalue weighted by Crippen LogP contribution is 2.22. The van der Waals surface area contributed by atoms with Gasteiger partial charge >= 0.3 is 0 Å². The number of rotatable bonds is 7. The first-order chi connectivity index (χ1) is 8.90. The van der Waals surface area contributed by atoms with E-state index in [1.54, 1.807) is 11.8 Å². The van der Waals surface area contributed by atoms with Gasteiger partial charge in [0.25, 0.3) is 0 Å². The Morgan fingerprint density at radius 3 is 2.84 bits per heavy atom. The molecule has 9 heteroatoms. The van der Waals surface area contributed by atoms with Crippen molar-refractivity contribution in [2.45, 2.75) is 24.3 Å². The van der Waals surface area contributed by atoms with Crippen molar-refractivity contribution in [3.63, 3.8) is 0 Å². The van der Waals surface area contributed by atoms with Crippen molar-refractivity contribution in [3.05, 3.63) is 16.7 Å². The summed E-state index contributed by atoms with van der Waals surface area (Å²) >= 11 is 4.87. The number of aromatic nitrogens is 1. The minimum absolute atomic E-state index is 0.0281. The van der Waals surface area contributed by atoms with E-state index in [0.29, 0.717) is 4.47 Å². The summed E-state index contributed by atoms with van der Waals surface area (Å²) in [5.41, 5.74) is 2.29. The monoisotopic (exact) mass is 368 g/mol. The van der Waals surface area contributed by atoms with Crippen LogP contribution in [-0.2, 0) is 10.0 Å². The van der Waals surface area contributed by atoms with E-state index in [1.165, 1.54) is 12.3 Å². The zero-order chi connectivity index (χ0) is 14.5. The highest BCUT2D eigenvalue weighted by molar-refractivity contribution is 9.10. The predicted octanol–water partition coefficient (Wildman–Crippen LogP) is 1.55. The highest BCUT2D eigenvalue weighted by Gasteiger charge is 2.22. The van der Waals surface area contributed by atoms with Crippen LogP contribution in [0.2, 0.25) is 0 Å². The number of hydrogen-bond acceptors (Lipinski definition) is 6. The first-order valence-electron chi connectivity index (χ1n) is 5.54. The van der Waals surface area contributed by atoms with Crippen LogP contribution in [0.3, 0.4) is 0 Å². The van der Waals surface area contributed by atoms with Crippen LogP contribution in [0, 0.1) is 0 Å². The zero-order valence-electron chi connectivity index (χ0n) is 10.7. The Balaban J connectivity index is 2.96. The summed E-state index contributed by atoms with van der Waals surface area (Å²) in [4.78, 5) is 3.95. The van der Waals surface area contributed by atoms with Crippen LogP contribution in [0.1, 0.15) is 13.3 Å². The van der Waals surface area contributed by atoms with E-state index >= 15 is 0 Å². The molecule has 0 amide bonds. The zero-order valence-corrected chi connectivity index (χ0v) is 13.9. The molecule has 1 heterocycles. The van der Waals surface area contributed by atoms with Gasteiger partial charge in [-0.2, -0.15) is 11.8 Å². The van der Waals surface area contributed by atoms with Crippen LogP contribution in [0.4, 0.5) is 5.82 Å². The molecular weight excluding hydrogens is 352 g/mol. The van der Waals surface area contributed by atoms with Crippen LogP contribution >= 0.6 is 27.7 Å². The van der Waals surface area contributed by atoms with Crippen molar-refractivity contribution in [3.8, 4) is 0 Å². The van der Waals surface area contributed by atoms with Crippen LogP contribution in [0.25, 0.3) is 0 Å². The number of halogens is 1. The van der Waals surface area contributed by atoms with Crippen molar-refractivity contribution in [1.29, 1.82) is 0 Å².